The van der Waals surface area contributed by atoms with Crippen LogP contribution in [-0.4, -0.2) is 17.5 Å². The van der Waals surface area contributed by atoms with E-state index in [0.717, 1.165) is 18.5 Å². The number of pyridine rings is 1. The van der Waals surface area contributed by atoms with Gasteiger partial charge in [-0.15, -0.1) is 11.3 Å². The van der Waals surface area contributed by atoms with Crippen LogP contribution >= 0.6 is 11.3 Å². The number of benzene rings is 1. The molecule has 7 heteroatoms. The van der Waals surface area contributed by atoms with Gasteiger partial charge >= 0.3 is 0 Å². The van der Waals surface area contributed by atoms with Crippen molar-refractivity contribution in [1.29, 1.82) is 0 Å². The van der Waals surface area contributed by atoms with Crippen LogP contribution in [0.3, 0.4) is 0 Å². The first-order valence-electron chi connectivity index (χ1n) is 8.13. The molecule has 0 aliphatic heterocycles. The third-order valence-corrected chi connectivity index (χ3v) is 4.46. The summed E-state index contributed by atoms with van der Waals surface area (Å²) in [7, 11) is 0. The predicted octanol–water partition coefficient (Wildman–Crippen LogP) is 3.72. The lowest BCUT2D eigenvalue weighted by Crippen LogP contribution is -2.33. The van der Waals surface area contributed by atoms with Crippen LogP contribution in [0.15, 0.2) is 65.1 Å². The molecule has 2 aromatic heterocycles. The molecule has 0 bridgehead atoms. The maximum absolute atomic E-state index is 12.9. The molecular formula is C19H19FN4OS. The van der Waals surface area contributed by atoms with Crippen molar-refractivity contribution in [2.24, 2.45) is 10.7 Å². The molecule has 2 heterocycles. The Labute approximate surface area is 155 Å². The minimum absolute atomic E-state index is 0.305. The largest absolute Gasteiger partial charge is 0.439 e. The average Bonchev–Trinajstić information content (AvgIpc) is 3.16. The molecule has 0 fully saturated rings. The number of ether oxygens (including phenoxy) is 1. The standard InChI is InChI=1S/C19H19FN4OS/c20-15-4-6-16(7-5-15)25-18-8-3-14(12-23-18)13-24-19(21)22-10-9-17-2-1-11-26-17/h1-8,11-12H,9-10,13H2,(H3,21,22,24). The Morgan fingerprint density at radius 3 is 2.73 bits per heavy atom. The summed E-state index contributed by atoms with van der Waals surface area (Å²) in [4.78, 5) is 9.84. The lowest BCUT2D eigenvalue weighted by atomic mass is 10.3. The third-order valence-electron chi connectivity index (χ3n) is 3.52. The molecule has 0 aliphatic carbocycles. The Morgan fingerprint density at radius 2 is 2.04 bits per heavy atom. The van der Waals surface area contributed by atoms with Gasteiger partial charge in [0.1, 0.15) is 11.6 Å². The van der Waals surface area contributed by atoms with Gasteiger partial charge in [-0.1, -0.05) is 12.1 Å². The monoisotopic (exact) mass is 370 g/mol. The van der Waals surface area contributed by atoms with Crippen LogP contribution in [0, 0.1) is 5.82 Å². The fourth-order valence-corrected chi connectivity index (χ4v) is 2.90. The zero-order valence-electron chi connectivity index (χ0n) is 14.1. The van der Waals surface area contributed by atoms with Gasteiger partial charge in [0.25, 0.3) is 0 Å². The first-order chi connectivity index (χ1) is 12.7. The first-order valence-corrected chi connectivity index (χ1v) is 9.01. The molecule has 0 spiro atoms. The van der Waals surface area contributed by atoms with Crippen molar-refractivity contribution in [2.75, 3.05) is 6.54 Å². The summed E-state index contributed by atoms with van der Waals surface area (Å²) < 4.78 is 18.4. The summed E-state index contributed by atoms with van der Waals surface area (Å²) >= 11 is 1.73. The van der Waals surface area contributed by atoms with Crippen molar-refractivity contribution in [2.45, 2.75) is 13.0 Å². The van der Waals surface area contributed by atoms with Crippen molar-refractivity contribution in [3.63, 3.8) is 0 Å². The van der Waals surface area contributed by atoms with Crippen LogP contribution in [0.1, 0.15) is 10.4 Å². The quantitative estimate of drug-likeness (QED) is 0.491. The summed E-state index contributed by atoms with van der Waals surface area (Å²) in [6.45, 7) is 1.18. The number of nitrogens with zero attached hydrogens (tertiary/aromatic N) is 2. The van der Waals surface area contributed by atoms with Gasteiger partial charge in [0.2, 0.25) is 5.88 Å². The van der Waals surface area contributed by atoms with Crippen LogP contribution in [0.25, 0.3) is 0 Å². The van der Waals surface area contributed by atoms with Gasteiger partial charge < -0.3 is 15.8 Å². The smallest absolute Gasteiger partial charge is 0.219 e. The SMILES string of the molecule is NC(=NCc1ccc(Oc2ccc(F)cc2)nc1)NCCc1cccs1. The first kappa shape index (κ1) is 17.9. The Bertz CT molecular complexity index is 833. The van der Waals surface area contributed by atoms with Gasteiger partial charge in [0.05, 0.1) is 6.54 Å². The van der Waals surface area contributed by atoms with Gasteiger partial charge in [-0.2, -0.15) is 0 Å². The van der Waals surface area contributed by atoms with Gasteiger partial charge in [-0.3, -0.25) is 0 Å². The fourth-order valence-electron chi connectivity index (χ4n) is 2.19. The molecular weight excluding hydrogens is 351 g/mol. The number of aliphatic imine (C=N–C) groups is 1. The zero-order valence-corrected chi connectivity index (χ0v) is 14.9. The predicted molar refractivity (Wildman–Crippen MR) is 102 cm³/mol. The van der Waals surface area contributed by atoms with Crippen molar-refractivity contribution < 1.29 is 9.13 Å². The van der Waals surface area contributed by atoms with Crippen LogP contribution < -0.4 is 15.8 Å². The molecule has 3 aromatic rings. The van der Waals surface area contributed by atoms with E-state index >= 15 is 0 Å². The molecule has 3 rings (SSSR count). The normalized spacial score (nSPS) is 11.3. The van der Waals surface area contributed by atoms with Crippen molar-refractivity contribution >= 4 is 17.3 Å². The maximum atomic E-state index is 12.9. The number of nitrogens with two attached hydrogens (primary N) is 1. The number of halogens is 1. The third kappa shape index (κ3) is 5.56. The Morgan fingerprint density at radius 1 is 1.19 bits per heavy atom. The number of hydrogen-bond acceptors (Lipinski definition) is 4. The van der Waals surface area contributed by atoms with E-state index in [0.29, 0.717) is 24.1 Å². The number of thiophene rings is 1. The molecule has 0 unspecified atom stereocenters. The van der Waals surface area contributed by atoms with E-state index in [-0.39, 0.29) is 5.82 Å². The van der Waals surface area contributed by atoms with Crippen LogP contribution in [0.4, 0.5) is 4.39 Å². The fraction of sp³-hybridized carbons (Fsp3) is 0.158. The minimum Gasteiger partial charge on any atom is -0.439 e. The Kier molecular flexibility index (Phi) is 6.16. The van der Waals surface area contributed by atoms with Crippen LogP contribution in [0.5, 0.6) is 11.6 Å². The number of guanidine groups is 1. The van der Waals surface area contributed by atoms with E-state index in [1.54, 1.807) is 35.7 Å². The van der Waals surface area contributed by atoms with Gasteiger partial charge in [0, 0.05) is 23.7 Å². The minimum atomic E-state index is -0.305. The van der Waals surface area contributed by atoms with Gasteiger partial charge in [0.15, 0.2) is 5.96 Å². The van der Waals surface area contributed by atoms with Crippen LogP contribution in [-0.2, 0) is 13.0 Å². The summed E-state index contributed by atoms with van der Waals surface area (Å²) in [6.07, 6.45) is 2.60. The molecule has 0 aliphatic rings. The van der Waals surface area contributed by atoms with E-state index in [4.69, 9.17) is 10.5 Å². The molecule has 26 heavy (non-hydrogen) atoms. The molecule has 0 saturated carbocycles. The summed E-state index contributed by atoms with van der Waals surface area (Å²) in [5.41, 5.74) is 6.79. The van der Waals surface area contributed by atoms with Gasteiger partial charge in [-0.25, -0.2) is 14.4 Å². The highest BCUT2D eigenvalue weighted by molar-refractivity contribution is 7.09. The lowest BCUT2D eigenvalue weighted by molar-refractivity contribution is 0.461. The number of rotatable bonds is 7. The van der Waals surface area contributed by atoms with Crippen molar-refractivity contribution in [1.82, 2.24) is 10.3 Å². The summed E-state index contributed by atoms with van der Waals surface area (Å²) in [5.74, 6) is 1.07. The highest BCUT2D eigenvalue weighted by Gasteiger charge is 2.01. The highest BCUT2D eigenvalue weighted by atomic mass is 32.1. The van der Waals surface area contributed by atoms with E-state index in [9.17, 15) is 4.39 Å². The maximum Gasteiger partial charge on any atom is 0.219 e. The Hall–Kier alpha value is -2.93. The van der Waals surface area contributed by atoms with Crippen molar-refractivity contribution in [3.05, 3.63) is 76.4 Å². The van der Waals surface area contributed by atoms with E-state index in [1.165, 1.54) is 17.0 Å². The number of hydrogen-bond donors (Lipinski definition) is 2. The molecule has 3 N–H and O–H groups in total. The molecule has 0 amide bonds. The molecule has 1 aromatic carbocycles. The van der Waals surface area contributed by atoms with E-state index < -0.39 is 0 Å². The molecule has 5 nitrogen and oxygen atoms in total. The zero-order chi connectivity index (χ0) is 18.2. The van der Waals surface area contributed by atoms with Gasteiger partial charge in [-0.05, 0) is 47.7 Å². The van der Waals surface area contributed by atoms with E-state index in [1.807, 2.05) is 12.1 Å². The second-order valence-corrected chi connectivity index (χ2v) is 6.55. The van der Waals surface area contributed by atoms with E-state index in [2.05, 4.69) is 26.7 Å². The topological polar surface area (TPSA) is 72.5 Å². The summed E-state index contributed by atoms with van der Waals surface area (Å²) in [6, 6.07) is 13.5. The average molecular weight is 370 g/mol. The van der Waals surface area contributed by atoms with Crippen molar-refractivity contribution in [3.8, 4) is 11.6 Å². The Balaban J connectivity index is 1.46. The number of aromatic nitrogens is 1. The second kappa shape index (κ2) is 8.96. The number of nitrogens with one attached hydrogen (secondary N) is 1. The lowest BCUT2D eigenvalue weighted by Gasteiger charge is -2.06. The second-order valence-electron chi connectivity index (χ2n) is 5.52. The van der Waals surface area contributed by atoms with Crippen LogP contribution in [0.2, 0.25) is 0 Å². The molecule has 134 valence electrons. The summed E-state index contributed by atoms with van der Waals surface area (Å²) in [5, 5.41) is 5.16. The molecule has 0 atom stereocenters. The molecule has 0 saturated heterocycles. The highest BCUT2D eigenvalue weighted by Crippen LogP contribution is 2.19. The molecule has 0 radical (unpaired) electrons.